The number of sulfonamides is 1. The SMILES string of the molecule is Cc1ccnc(NS(=O)(=O)c2ccc(NC(=O)CSc3nnc(-c4cccnc4)n3C3CCCCC3)cc2)n1.Cl. The lowest BCUT2D eigenvalue weighted by atomic mass is 9.95. The summed E-state index contributed by atoms with van der Waals surface area (Å²) in [6.07, 6.45) is 10.6. The van der Waals surface area contributed by atoms with Crippen LogP contribution in [0.15, 0.2) is 71.1 Å². The molecule has 3 aromatic heterocycles. The number of nitrogens with zero attached hydrogens (tertiary/aromatic N) is 6. The van der Waals surface area contributed by atoms with Crippen LogP contribution in [-0.4, -0.2) is 49.8 Å². The third-order valence-corrected chi connectivity index (χ3v) is 8.61. The number of hydrogen-bond acceptors (Lipinski definition) is 9. The van der Waals surface area contributed by atoms with Gasteiger partial charge in [0.05, 0.1) is 10.6 Å². The average Bonchev–Trinajstić information content (AvgIpc) is 3.37. The molecular formula is C26H29ClN8O3S2. The molecule has 0 unspecified atom stereocenters. The molecule has 0 aliphatic heterocycles. The Morgan fingerprint density at radius 3 is 2.52 bits per heavy atom. The number of nitrogens with one attached hydrogen (secondary N) is 2. The zero-order valence-corrected chi connectivity index (χ0v) is 24.2. The first-order valence-corrected chi connectivity index (χ1v) is 15.1. The fourth-order valence-electron chi connectivity index (χ4n) is 4.46. The molecule has 1 saturated carbocycles. The second kappa shape index (κ2) is 13.2. The van der Waals surface area contributed by atoms with Crippen molar-refractivity contribution in [2.45, 2.75) is 55.1 Å². The predicted octanol–water partition coefficient (Wildman–Crippen LogP) is 4.90. The van der Waals surface area contributed by atoms with E-state index in [0.29, 0.717) is 16.5 Å². The first-order chi connectivity index (χ1) is 18.9. The van der Waals surface area contributed by atoms with Crippen molar-refractivity contribution in [3.8, 4) is 11.4 Å². The second-order valence-electron chi connectivity index (χ2n) is 9.20. The van der Waals surface area contributed by atoms with Crippen molar-refractivity contribution >= 4 is 51.7 Å². The standard InChI is InChI=1S/C26H28N8O3S2.ClH/c1-18-13-15-28-25(29-18)33-39(36,37)22-11-9-20(10-12-22)30-23(35)17-38-26-32-31-24(19-6-5-14-27-16-19)34(26)21-7-3-2-4-8-21;/h5-6,9-16,21H,2-4,7-8,17H2,1H3,(H,30,35)(H,28,29,33);1H. The summed E-state index contributed by atoms with van der Waals surface area (Å²) >= 11 is 1.33. The van der Waals surface area contributed by atoms with E-state index in [2.05, 4.69) is 39.8 Å². The molecule has 3 heterocycles. The van der Waals surface area contributed by atoms with Gasteiger partial charge in [0.25, 0.3) is 10.0 Å². The van der Waals surface area contributed by atoms with Gasteiger partial charge in [-0.2, -0.15) is 0 Å². The van der Waals surface area contributed by atoms with Crippen LogP contribution in [0.25, 0.3) is 11.4 Å². The topological polar surface area (TPSA) is 145 Å². The van der Waals surface area contributed by atoms with Crippen LogP contribution in [0.3, 0.4) is 0 Å². The van der Waals surface area contributed by atoms with Gasteiger partial charge >= 0.3 is 0 Å². The number of carbonyl (C=O) groups is 1. The maximum absolute atomic E-state index is 12.8. The molecule has 5 rings (SSSR count). The Hall–Kier alpha value is -3.55. The van der Waals surface area contributed by atoms with Crippen LogP contribution in [0.5, 0.6) is 0 Å². The molecule has 1 aliphatic carbocycles. The Bertz CT molecular complexity index is 1540. The summed E-state index contributed by atoms with van der Waals surface area (Å²) in [4.78, 5) is 25.0. The highest BCUT2D eigenvalue weighted by molar-refractivity contribution is 7.99. The minimum atomic E-state index is -3.87. The molecule has 0 saturated heterocycles. The van der Waals surface area contributed by atoms with Gasteiger partial charge in [-0.05, 0) is 62.2 Å². The van der Waals surface area contributed by atoms with Gasteiger partial charge in [0.2, 0.25) is 11.9 Å². The van der Waals surface area contributed by atoms with Crippen LogP contribution >= 0.6 is 24.2 Å². The quantitative estimate of drug-likeness (QED) is 0.256. The summed E-state index contributed by atoms with van der Waals surface area (Å²) in [6.45, 7) is 1.74. The number of rotatable bonds is 9. The van der Waals surface area contributed by atoms with E-state index in [1.54, 1.807) is 37.5 Å². The van der Waals surface area contributed by atoms with Crippen molar-refractivity contribution in [2.24, 2.45) is 0 Å². The normalized spacial score (nSPS) is 13.8. The predicted molar refractivity (Wildman–Crippen MR) is 156 cm³/mol. The van der Waals surface area contributed by atoms with Gasteiger partial charge < -0.3 is 5.32 Å². The summed E-state index contributed by atoms with van der Waals surface area (Å²) in [7, 11) is -3.87. The van der Waals surface area contributed by atoms with Gasteiger partial charge in [-0.1, -0.05) is 31.0 Å². The molecule has 0 bridgehead atoms. The van der Waals surface area contributed by atoms with E-state index in [9.17, 15) is 13.2 Å². The molecule has 1 fully saturated rings. The largest absolute Gasteiger partial charge is 0.325 e. The van der Waals surface area contributed by atoms with Crippen LogP contribution in [0.2, 0.25) is 0 Å². The van der Waals surface area contributed by atoms with Gasteiger partial charge in [-0.3, -0.25) is 14.3 Å². The highest BCUT2D eigenvalue weighted by Gasteiger charge is 2.24. The molecular weight excluding hydrogens is 572 g/mol. The van der Waals surface area contributed by atoms with E-state index in [0.717, 1.165) is 37.1 Å². The van der Waals surface area contributed by atoms with Crippen molar-refractivity contribution in [1.29, 1.82) is 0 Å². The summed E-state index contributed by atoms with van der Waals surface area (Å²) in [5.41, 5.74) is 2.02. The minimum Gasteiger partial charge on any atom is -0.325 e. The molecule has 0 radical (unpaired) electrons. The van der Waals surface area contributed by atoms with Gasteiger partial charge in [-0.25, -0.2) is 23.1 Å². The van der Waals surface area contributed by atoms with Crippen LogP contribution in [0, 0.1) is 6.92 Å². The molecule has 1 amide bonds. The summed E-state index contributed by atoms with van der Waals surface area (Å²) < 4.78 is 29.9. The van der Waals surface area contributed by atoms with E-state index in [1.165, 1.54) is 36.5 Å². The highest BCUT2D eigenvalue weighted by atomic mass is 35.5. The van der Waals surface area contributed by atoms with Gasteiger partial charge in [0.15, 0.2) is 11.0 Å². The number of amides is 1. The monoisotopic (exact) mass is 600 g/mol. The van der Waals surface area contributed by atoms with Gasteiger partial charge in [0.1, 0.15) is 0 Å². The minimum absolute atomic E-state index is 0. The van der Waals surface area contributed by atoms with E-state index in [-0.39, 0.29) is 41.0 Å². The lowest BCUT2D eigenvalue weighted by Gasteiger charge is -2.25. The zero-order valence-electron chi connectivity index (χ0n) is 21.7. The number of anilines is 2. The molecule has 40 heavy (non-hydrogen) atoms. The second-order valence-corrected chi connectivity index (χ2v) is 11.8. The lowest BCUT2D eigenvalue weighted by Crippen LogP contribution is -2.18. The van der Waals surface area contributed by atoms with E-state index < -0.39 is 10.0 Å². The first kappa shape index (κ1) is 29.4. The Kier molecular flexibility index (Phi) is 9.71. The zero-order chi connectivity index (χ0) is 27.2. The molecule has 210 valence electrons. The van der Waals surface area contributed by atoms with E-state index in [4.69, 9.17) is 0 Å². The number of carbonyl (C=O) groups excluding carboxylic acids is 1. The summed E-state index contributed by atoms with van der Waals surface area (Å²) in [5.74, 6) is 0.657. The Balaban J connectivity index is 0.00000370. The smallest absolute Gasteiger partial charge is 0.264 e. The Morgan fingerprint density at radius 2 is 1.82 bits per heavy atom. The molecule has 0 atom stereocenters. The fraction of sp³-hybridized carbons (Fsp3) is 0.308. The summed E-state index contributed by atoms with van der Waals surface area (Å²) in [6, 6.07) is 11.7. The van der Waals surface area contributed by atoms with Crippen molar-refractivity contribution < 1.29 is 13.2 Å². The lowest BCUT2D eigenvalue weighted by molar-refractivity contribution is -0.113. The number of aryl methyl sites for hydroxylation is 1. The number of benzene rings is 1. The van der Waals surface area contributed by atoms with Crippen LogP contribution < -0.4 is 10.0 Å². The third-order valence-electron chi connectivity index (χ3n) is 6.33. The number of halogens is 1. The fourth-order valence-corrected chi connectivity index (χ4v) is 6.21. The number of pyridine rings is 1. The maximum Gasteiger partial charge on any atom is 0.264 e. The molecule has 14 heteroatoms. The third kappa shape index (κ3) is 7.14. The van der Waals surface area contributed by atoms with Crippen LogP contribution in [0.1, 0.15) is 43.8 Å². The highest BCUT2D eigenvalue weighted by Crippen LogP contribution is 2.35. The van der Waals surface area contributed by atoms with E-state index >= 15 is 0 Å². The van der Waals surface area contributed by atoms with Crippen molar-refractivity contribution in [3.63, 3.8) is 0 Å². The molecule has 11 nitrogen and oxygen atoms in total. The van der Waals surface area contributed by atoms with E-state index in [1.807, 2.05) is 12.1 Å². The Morgan fingerprint density at radius 1 is 1.05 bits per heavy atom. The van der Waals surface area contributed by atoms with Crippen molar-refractivity contribution in [3.05, 3.63) is 66.7 Å². The molecule has 1 aromatic carbocycles. The molecule has 2 N–H and O–H groups in total. The number of hydrogen-bond donors (Lipinski definition) is 2. The first-order valence-electron chi connectivity index (χ1n) is 12.6. The Labute approximate surface area is 243 Å². The number of aromatic nitrogens is 6. The van der Waals surface area contributed by atoms with Gasteiger partial charge in [0, 0.05) is 41.6 Å². The molecule has 4 aromatic rings. The molecule has 1 aliphatic rings. The maximum atomic E-state index is 12.8. The number of thioether (sulfide) groups is 1. The average molecular weight is 601 g/mol. The van der Waals surface area contributed by atoms with Crippen molar-refractivity contribution in [2.75, 3.05) is 15.8 Å². The van der Waals surface area contributed by atoms with Crippen molar-refractivity contribution in [1.82, 2.24) is 29.7 Å². The molecule has 0 spiro atoms. The van der Waals surface area contributed by atoms with Crippen LogP contribution in [-0.2, 0) is 14.8 Å². The summed E-state index contributed by atoms with van der Waals surface area (Å²) in [5, 5.41) is 12.4. The van der Waals surface area contributed by atoms with Crippen LogP contribution in [0.4, 0.5) is 11.6 Å². The van der Waals surface area contributed by atoms with Gasteiger partial charge in [-0.15, -0.1) is 22.6 Å².